The number of carbonyl (C=O) groups is 1. The Morgan fingerprint density at radius 2 is 2.28 bits per heavy atom. The van der Waals surface area contributed by atoms with Crippen LogP contribution in [-0.4, -0.2) is 39.3 Å². The third kappa shape index (κ3) is 3.75. The molecule has 0 radical (unpaired) electrons. The first-order valence-corrected chi connectivity index (χ1v) is 7.88. The van der Waals surface area contributed by atoms with Gasteiger partial charge in [-0.15, -0.1) is 11.3 Å². The van der Waals surface area contributed by atoms with Crippen LogP contribution in [0.3, 0.4) is 0 Å². The average molecular weight is 358 g/mol. The zero-order valence-electron chi connectivity index (χ0n) is 9.64. The number of carbonyl (C=O) groups excluding carboxylic acids is 1. The van der Waals surface area contributed by atoms with Gasteiger partial charge >= 0.3 is 5.97 Å². The van der Waals surface area contributed by atoms with Gasteiger partial charge in [0.05, 0.1) is 10.9 Å². The Morgan fingerprint density at radius 1 is 1.67 bits per heavy atom. The molecule has 1 unspecified atom stereocenters. The van der Waals surface area contributed by atoms with Gasteiger partial charge < -0.3 is 9.84 Å². The topological polar surface area (TPSA) is 92.7 Å². The molecule has 0 fully saturated rings. The summed E-state index contributed by atoms with van der Waals surface area (Å²) in [6, 6.07) is 1.50. The third-order valence-electron chi connectivity index (χ3n) is 2.04. The standard InChI is InChI=1S/C9H12BrNO5S2/c1-5-3-7(17-8(5)10)18(14,15)11-4-6(12)9(13)16-2/h3,6,11-12H,4H2,1-2H3. The molecule has 1 aromatic rings. The molecule has 0 aliphatic heterocycles. The van der Waals surface area contributed by atoms with E-state index in [1.807, 2.05) is 0 Å². The van der Waals surface area contributed by atoms with Gasteiger partial charge in [-0.25, -0.2) is 17.9 Å². The van der Waals surface area contributed by atoms with E-state index in [4.69, 9.17) is 0 Å². The van der Waals surface area contributed by atoms with E-state index in [1.165, 1.54) is 6.07 Å². The number of hydrogen-bond donors (Lipinski definition) is 2. The van der Waals surface area contributed by atoms with Gasteiger partial charge in [0.1, 0.15) is 4.21 Å². The van der Waals surface area contributed by atoms with E-state index in [9.17, 15) is 18.3 Å². The van der Waals surface area contributed by atoms with E-state index in [0.717, 1.165) is 27.8 Å². The number of nitrogens with one attached hydrogen (secondary N) is 1. The van der Waals surface area contributed by atoms with Crippen LogP contribution < -0.4 is 4.72 Å². The second-order valence-corrected chi connectivity index (χ2v) is 7.78. The Labute approximate surface area is 117 Å². The maximum Gasteiger partial charge on any atom is 0.336 e. The molecule has 1 atom stereocenters. The van der Waals surface area contributed by atoms with Crippen LogP contribution in [0, 0.1) is 6.92 Å². The van der Waals surface area contributed by atoms with Crippen LogP contribution >= 0.6 is 27.3 Å². The van der Waals surface area contributed by atoms with Gasteiger partial charge in [-0.1, -0.05) is 0 Å². The molecule has 1 rings (SSSR count). The number of esters is 1. The summed E-state index contributed by atoms with van der Waals surface area (Å²) in [5.74, 6) is -0.888. The Hall–Kier alpha value is -0.480. The molecule has 1 heterocycles. The van der Waals surface area contributed by atoms with E-state index in [-0.39, 0.29) is 4.21 Å². The molecule has 0 bridgehead atoms. The highest BCUT2D eigenvalue weighted by molar-refractivity contribution is 9.11. The van der Waals surface area contributed by atoms with Gasteiger partial charge in [-0.05, 0) is 34.5 Å². The van der Waals surface area contributed by atoms with Gasteiger partial charge in [0, 0.05) is 6.54 Å². The van der Waals surface area contributed by atoms with Crippen LogP contribution in [0.5, 0.6) is 0 Å². The van der Waals surface area contributed by atoms with Crippen molar-refractivity contribution in [2.45, 2.75) is 17.2 Å². The monoisotopic (exact) mass is 357 g/mol. The van der Waals surface area contributed by atoms with Crippen molar-refractivity contribution in [2.24, 2.45) is 0 Å². The van der Waals surface area contributed by atoms with E-state index in [0.29, 0.717) is 0 Å². The number of thiophene rings is 1. The van der Waals surface area contributed by atoms with E-state index >= 15 is 0 Å². The zero-order valence-corrected chi connectivity index (χ0v) is 12.9. The number of ether oxygens (including phenoxy) is 1. The van der Waals surface area contributed by atoms with Crippen LogP contribution in [0.25, 0.3) is 0 Å². The second-order valence-electron chi connectivity index (χ2n) is 3.41. The van der Waals surface area contributed by atoms with Crippen LogP contribution in [0.4, 0.5) is 0 Å². The molecule has 0 amide bonds. The summed E-state index contributed by atoms with van der Waals surface area (Å²) in [6.07, 6.45) is -1.52. The van der Waals surface area contributed by atoms with E-state index < -0.39 is 28.6 Å². The number of aryl methyl sites for hydroxylation is 1. The summed E-state index contributed by atoms with van der Waals surface area (Å²) >= 11 is 4.28. The van der Waals surface area contributed by atoms with Gasteiger partial charge in [-0.3, -0.25) is 0 Å². The van der Waals surface area contributed by atoms with Gasteiger partial charge in [0.25, 0.3) is 0 Å². The van der Waals surface area contributed by atoms with Crippen molar-refractivity contribution in [2.75, 3.05) is 13.7 Å². The lowest BCUT2D eigenvalue weighted by atomic mass is 10.4. The van der Waals surface area contributed by atoms with Gasteiger partial charge in [0.15, 0.2) is 6.10 Å². The van der Waals surface area contributed by atoms with Gasteiger partial charge in [-0.2, -0.15) is 0 Å². The highest BCUT2D eigenvalue weighted by Crippen LogP contribution is 2.30. The summed E-state index contributed by atoms with van der Waals surface area (Å²) in [5, 5.41) is 9.28. The number of aliphatic hydroxyl groups excluding tert-OH is 1. The van der Waals surface area contributed by atoms with Crippen molar-refractivity contribution in [3.05, 3.63) is 15.4 Å². The van der Waals surface area contributed by atoms with Crippen LogP contribution in [-0.2, 0) is 19.6 Å². The SMILES string of the molecule is COC(=O)C(O)CNS(=O)(=O)c1cc(C)c(Br)s1. The fourth-order valence-electron chi connectivity index (χ4n) is 1.04. The smallest absolute Gasteiger partial charge is 0.336 e. The molecule has 102 valence electrons. The van der Waals surface area contributed by atoms with Crippen molar-refractivity contribution in [3.63, 3.8) is 0 Å². The number of aliphatic hydroxyl groups is 1. The molecule has 18 heavy (non-hydrogen) atoms. The van der Waals surface area contributed by atoms with Crippen molar-refractivity contribution in [1.82, 2.24) is 4.72 Å². The summed E-state index contributed by atoms with van der Waals surface area (Å²) in [6.45, 7) is 1.34. The first-order chi connectivity index (χ1) is 8.27. The minimum atomic E-state index is -3.73. The Balaban J connectivity index is 2.74. The fourth-order valence-corrected chi connectivity index (χ4v) is 4.35. The summed E-state index contributed by atoms with van der Waals surface area (Å²) in [7, 11) is -2.62. The molecular formula is C9H12BrNO5S2. The molecular weight excluding hydrogens is 346 g/mol. The van der Waals surface area contributed by atoms with Crippen molar-refractivity contribution < 1.29 is 23.1 Å². The minimum absolute atomic E-state index is 0.115. The molecule has 2 N–H and O–H groups in total. The molecule has 0 aliphatic rings. The number of halogens is 1. The Bertz CT molecular complexity index is 520. The molecule has 6 nitrogen and oxygen atoms in total. The maximum absolute atomic E-state index is 11.8. The van der Waals surface area contributed by atoms with Crippen molar-refractivity contribution in [1.29, 1.82) is 0 Å². The Morgan fingerprint density at radius 3 is 2.72 bits per heavy atom. The third-order valence-corrected chi connectivity index (χ3v) is 6.07. The molecule has 9 heteroatoms. The summed E-state index contributed by atoms with van der Waals surface area (Å²) in [5.41, 5.74) is 0.800. The molecule has 0 spiro atoms. The second kappa shape index (κ2) is 6.11. The predicted octanol–water partition coefficient (Wildman–Crippen LogP) is 0.631. The summed E-state index contributed by atoms with van der Waals surface area (Å²) in [4.78, 5) is 10.9. The molecule has 1 aromatic heterocycles. The highest BCUT2D eigenvalue weighted by Gasteiger charge is 2.22. The quantitative estimate of drug-likeness (QED) is 0.754. The lowest BCUT2D eigenvalue weighted by molar-refractivity contribution is -0.149. The molecule has 0 saturated heterocycles. The number of methoxy groups -OCH3 is 1. The first-order valence-electron chi connectivity index (χ1n) is 4.79. The number of sulfonamides is 1. The van der Waals surface area contributed by atoms with E-state index in [1.54, 1.807) is 6.92 Å². The highest BCUT2D eigenvalue weighted by atomic mass is 79.9. The van der Waals surface area contributed by atoms with Crippen LogP contribution in [0.15, 0.2) is 14.1 Å². The van der Waals surface area contributed by atoms with Crippen LogP contribution in [0.2, 0.25) is 0 Å². The number of rotatable bonds is 5. The van der Waals surface area contributed by atoms with Crippen molar-refractivity contribution >= 4 is 43.3 Å². The average Bonchev–Trinajstić information content (AvgIpc) is 2.66. The zero-order chi connectivity index (χ0) is 13.9. The van der Waals surface area contributed by atoms with Crippen molar-refractivity contribution in [3.8, 4) is 0 Å². The largest absolute Gasteiger partial charge is 0.467 e. The Kier molecular flexibility index (Phi) is 5.29. The maximum atomic E-state index is 11.8. The molecule has 0 aliphatic carbocycles. The predicted molar refractivity (Wildman–Crippen MR) is 70.0 cm³/mol. The number of hydrogen-bond acceptors (Lipinski definition) is 6. The van der Waals surface area contributed by atoms with E-state index in [2.05, 4.69) is 25.4 Å². The molecule has 0 saturated carbocycles. The first kappa shape index (κ1) is 15.6. The lowest BCUT2D eigenvalue weighted by Crippen LogP contribution is -2.36. The van der Waals surface area contributed by atoms with Gasteiger partial charge in [0.2, 0.25) is 10.0 Å². The fraction of sp³-hybridized carbons (Fsp3) is 0.444. The lowest BCUT2D eigenvalue weighted by Gasteiger charge is -2.09. The normalized spacial score (nSPS) is 13.3. The van der Waals surface area contributed by atoms with Crippen LogP contribution in [0.1, 0.15) is 5.56 Å². The summed E-state index contributed by atoms with van der Waals surface area (Å²) < 4.78 is 30.9. The minimum Gasteiger partial charge on any atom is -0.467 e. The molecule has 0 aromatic carbocycles.